The third kappa shape index (κ3) is 2.44. The predicted octanol–water partition coefficient (Wildman–Crippen LogP) is 4.07. The molecule has 4 rings (SSSR count). The van der Waals surface area contributed by atoms with Crippen molar-refractivity contribution in [3.05, 3.63) is 53.1 Å². The minimum Gasteiger partial charge on any atom is -0.478 e. The van der Waals surface area contributed by atoms with Gasteiger partial charge in [-0.1, -0.05) is 18.2 Å². The van der Waals surface area contributed by atoms with E-state index in [4.69, 9.17) is 4.74 Å². The Morgan fingerprint density at radius 1 is 1.00 bits per heavy atom. The maximum Gasteiger partial charge on any atom is 0.338 e. The summed E-state index contributed by atoms with van der Waals surface area (Å²) < 4.78 is 5.93. The second kappa shape index (κ2) is 5.61. The summed E-state index contributed by atoms with van der Waals surface area (Å²) in [6.45, 7) is 1.85. The van der Waals surface area contributed by atoms with E-state index in [1.54, 1.807) is 0 Å². The molecule has 2 aromatic rings. The van der Waals surface area contributed by atoms with Gasteiger partial charge in [0.2, 0.25) is 0 Å². The van der Waals surface area contributed by atoms with Crippen LogP contribution >= 0.6 is 0 Å². The third-order valence-electron chi connectivity index (χ3n) is 4.72. The molecule has 2 aliphatic rings. The van der Waals surface area contributed by atoms with Gasteiger partial charge < -0.3 is 14.7 Å². The maximum atomic E-state index is 12.0. The van der Waals surface area contributed by atoms with Crippen LogP contribution in [0, 0.1) is 0 Å². The lowest BCUT2D eigenvalue weighted by molar-refractivity contribution is 0.0696. The highest BCUT2D eigenvalue weighted by Crippen LogP contribution is 2.41. The highest BCUT2D eigenvalue weighted by Gasteiger charge is 2.27. The number of piperidine rings is 1. The smallest absolute Gasteiger partial charge is 0.338 e. The van der Waals surface area contributed by atoms with Crippen molar-refractivity contribution in [1.29, 1.82) is 0 Å². The van der Waals surface area contributed by atoms with Crippen molar-refractivity contribution < 1.29 is 14.6 Å². The molecular weight excluding hydrogens is 290 g/mol. The zero-order valence-electron chi connectivity index (χ0n) is 12.9. The normalized spacial score (nSPS) is 16.3. The van der Waals surface area contributed by atoms with Gasteiger partial charge in [0, 0.05) is 25.1 Å². The first-order valence-corrected chi connectivity index (χ1v) is 8.14. The number of aromatic carboxylic acids is 1. The fraction of sp³-hybridized carbons (Fsp3) is 0.316. The van der Waals surface area contributed by atoms with Crippen molar-refractivity contribution in [2.24, 2.45) is 0 Å². The van der Waals surface area contributed by atoms with E-state index >= 15 is 0 Å². The standard InChI is InChI=1S/C19H19NO3/c21-19(22)18-14-12-13-6-2-3-7-16(13)23-17(14)9-8-15(18)20-10-4-1-5-11-20/h2-3,6-9H,1,4-5,10-12H2,(H,21,22). The van der Waals surface area contributed by atoms with Crippen LogP contribution in [-0.4, -0.2) is 24.2 Å². The summed E-state index contributed by atoms with van der Waals surface area (Å²) in [7, 11) is 0. The van der Waals surface area contributed by atoms with E-state index in [0.717, 1.165) is 48.5 Å². The van der Waals surface area contributed by atoms with Crippen LogP contribution < -0.4 is 9.64 Å². The Hall–Kier alpha value is -2.49. The predicted molar refractivity (Wildman–Crippen MR) is 88.8 cm³/mol. The maximum absolute atomic E-state index is 12.0. The van der Waals surface area contributed by atoms with Crippen molar-refractivity contribution in [2.75, 3.05) is 18.0 Å². The van der Waals surface area contributed by atoms with Crippen LogP contribution in [0.15, 0.2) is 36.4 Å². The molecule has 0 saturated carbocycles. The number of ether oxygens (including phenoxy) is 1. The van der Waals surface area contributed by atoms with E-state index in [2.05, 4.69) is 4.90 Å². The summed E-state index contributed by atoms with van der Waals surface area (Å²) in [5.74, 6) is 0.620. The summed E-state index contributed by atoms with van der Waals surface area (Å²) in [6, 6.07) is 11.6. The van der Waals surface area contributed by atoms with Crippen LogP contribution in [0.5, 0.6) is 11.5 Å². The third-order valence-corrected chi connectivity index (χ3v) is 4.72. The lowest BCUT2D eigenvalue weighted by Crippen LogP contribution is -2.31. The molecule has 2 aromatic carbocycles. The molecule has 0 aliphatic carbocycles. The highest BCUT2D eigenvalue weighted by atomic mass is 16.5. The van der Waals surface area contributed by atoms with E-state index < -0.39 is 5.97 Å². The number of carboxylic acids is 1. The lowest BCUT2D eigenvalue weighted by Gasteiger charge is -2.32. The zero-order chi connectivity index (χ0) is 15.8. The Labute approximate surface area is 135 Å². The molecule has 1 fully saturated rings. The Kier molecular flexibility index (Phi) is 3.45. The van der Waals surface area contributed by atoms with Gasteiger partial charge in [0.05, 0.1) is 11.3 Å². The van der Waals surface area contributed by atoms with Crippen molar-refractivity contribution in [3.63, 3.8) is 0 Å². The number of carboxylic acid groups (broad SMARTS) is 1. The van der Waals surface area contributed by atoms with Gasteiger partial charge in [0.25, 0.3) is 0 Å². The number of carbonyl (C=O) groups is 1. The van der Waals surface area contributed by atoms with Gasteiger partial charge in [-0.2, -0.15) is 0 Å². The number of hydrogen-bond donors (Lipinski definition) is 1. The number of para-hydroxylation sites is 1. The molecule has 0 spiro atoms. The number of anilines is 1. The quantitative estimate of drug-likeness (QED) is 0.775. The molecule has 0 unspecified atom stereocenters. The van der Waals surface area contributed by atoms with Crippen molar-refractivity contribution >= 4 is 11.7 Å². The summed E-state index contributed by atoms with van der Waals surface area (Å²) in [6.07, 6.45) is 4.07. The first-order chi connectivity index (χ1) is 11.2. The van der Waals surface area contributed by atoms with Crippen LogP contribution in [0.3, 0.4) is 0 Å². The van der Waals surface area contributed by atoms with Crippen molar-refractivity contribution in [1.82, 2.24) is 0 Å². The number of hydrogen-bond acceptors (Lipinski definition) is 3. The van der Waals surface area contributed by atoms with Gasteiger partial charge in [0.15, 0.2) is 0 Å². The van der Waals surface area contributed by atoms with Gasteiger partial charge >= 0.3 is 5.97 Å². The molecule has 4 nitrogen and oxygen atoms in total. The molecule has 4 heteroatoms. The lowest BCUT2D eigenvalue weighted by atomic mass is 9.93. The van der Waals surface area contributed by atoms with E-state index in [9.17, 15) is 9.90 Å². The van der Waals surface area contributed by atoms with Gasteiger partial charge in [0.1, 0.15) is 11.5 Å². The molecule has 0 amide bonds. The Balaban J connectivity index is 1.81. The van der Waals surface area contributed by atoms with Gasteiger partial charge in [-0.25, -0.2) is 4.79 Å². The average Bonchev–Trinajstić information content (AvgIpc) is 2.59. The molecule has 0 aromatic heterocycles. The molecule has 1 N–H and O–H groups in total. The van der Waals surface area contributed by atoms with Crippen LogP contribution in [-0.2, 0) is 6.42 Å². The molecule has 1 saturated heterocycles. The molecular formula is C19H19NO3. The van der Waals surface area contributed by atoms with Gasteiger partial charge in [-0.05, 0) is 43.0 Å². The molecule has 0 bridgehead atoms. The summed E-state index contributed by atoms with van der Waals surface area (Å²) in [5.41, 5.74) is 3.07. The summed E-state index contributed by atoms with van der Waals surface area (Å²) in [5, 5.41) is 9.82. The van der Waals surface area contributed by atoms with Crippen LogP contribution in [0.1, 0.15) is 40.7 Å². The monoisotopic (exact) mass is 309 g/mol. The molecule has 2 heterocycles. The van der Waals surface area contributed by atoms with Crippen molar-refractivity contribution in [2.45, 2.75) is 25.7 Å². The molecule has 118 valence electrons. The number of nitrogens with zero attached hydrogens (tertiary/aromatic N) is 1. The van der Waals surface area contributed by atoms with Crippen LogP contribution in [0.25, 0.3) is 0 Å². The van der Waals surface area contributed by atoms with E-state index in [-0.39, 0.29) is 0 Å². The second-order valence-corrected chi connectivity index (χ2v) is 6.18. The number of fused-ring (bicyclic) bond motifs is 2. The zero-order valence-corrected chi connectivity index (χ0v) is 12.9. The Bertz CT molecular complexity index is 763. The first-order valence-electron chi connectivity index (χ1n) is 8.14. The average molecular weight is 309 g/mol. The largest absolute Gasteiger partial charge is 0.478 e. The summed E-state index contributed by atoms with van der Waals surface area (Å²) in [4.78, 5) is 14.2. The summed E-state index contributed by atoms with van der Waals surface area (Å²) >= 11 is 0. The van der Waals surface area contributed by atoms with E-state index in [0.29, 0.717) is 17.7 Å². The minimum atomic E-state index is -0.870. The molecule has 23 heavy (non-hydrogen) atoms. The SMILES string of the molecule is O=C(O)c1c(N2CCCCC2)ccc2c1Cc1ccccc1O2. The number of rotatable bonds is 2. The fourth-order valence-electron chi connectivity index (χ4n) is 3.58. The number of benzene rings is 2. The second-order valence-electron chi connectivity index (χ2n) is 6.18. The van der Waals surface area contributed by atoms with Gasteiger partial charge in [-0.15, -0.1) is 0 Å². The minimum absolute atomic E-state index is 0.402. The highest BCUT2D eigenvalue weighted by molar-refractivity contribution is 5.97. The molecule has 0 radical (unpaired) electrons. The van der Waals surface area contributed by atoms with Crippen LogP contribution in [0.2, 0.25) is 0 Å². The Morgan fingerprint density at radius 3 is 2.57 bits per heavy atom. The fourth-order valence-corrected chi connectivity index (χ4v) is 3.58. The van der Waals surface area contributed by atoms with Crippen molar-refractivity contribution in [3.8, 4) is 11.5 Å². The first kappa shape index (κ1) is 14.1. The van der Waals surface area contributed by atoms with Gasteiger partial charge in [-0.3, -0.25) is 0 Å². The topological polar surface area (TPSA) is 49.8 Å². The molecule has 0 atom stereocenters. The van der Waals surface area contributed by atoms with E-state index in [1.807, 2.05) is 36.4 Å². The van der Waals surface area contributed by atoms with E-state index in [1.165, 1.54) is 6.42 Å². The Morgan fingerprint density at radius 2 is 1.78 bits per heavy atom. The molecule has 2 aliphatic heterocycles. The van der Waals surface area contributed by atoms with Crippen LogP contribution in [0.4, 0.5) is 5.69 Å².